The maximum absolute atomic E-state index is 2.57. The summed E-state index contributed by atoms with van der Waals surface area (Å²) in [5.74, 6) is 1.63. The van der Waals surface area contributed by atoms with Crippen molar-refractivity contribution < 1.29 is 0 Å². The molecule has 0 aliphatic carbocycles. The van der Waals surface area contributed by atoms with Crippen LogP contribution < -0.4 is 0 Å². The zero-order valence-corrected chi connectivity index (χ0v) is 12.5. The third-order valence-corrected chi connectivity index (χ3v) is 3.89. The second-order valence-corrected chi connectivity index (χ2v) is 6.33. The van der Waals surface area contributed by atoms with E-state index in [9.17, 15) is 0 Å². The first-order chi connectivity index (χ1) is 7.43. The van der Waals surface area contributed by atoms with Gasteiger partial charge < -0.3 is 0 Å². The number of rotatable bonds is 9. The molecule has 0 amide bonds. The van der Waals surface area contributed by atoms with E-state index in [0.29, 0.717) is 5.41 Å². The summed E-state index contributed by atoms with van der Waals surface area (Å²) in [6.45, 7) is 14.2. The van der Waals surface area contributed by atoms with Crippen molar-refractivity contribution in [1.82, 2.24) is 0 Å². The lowest BCUT2D eigenvalue weighted by molar-refractivity contribution is 0.290. The Hall–Kier alpha value is 0. The van der Waals surface area contributed by atoms with E-state index in [0.717, 1.165) is 11.8 Å². The molecular weight excluding hydrogens is 192 g/mol. The van der Waals surface area contributed by atoms with E-state index in [1.165, 1.54) is 38.5 Å². The van der Waals surface area contributed by atoms with Gasteiger partial charge in [-0.1, -0.05) is 67.2 Å². The molecular formula is C16H33. The van der Waals surface area contributed by atoms with E-state index in [1.807, 2.05) is 0 Å². The van der Waals surface area contributed by atoms with Crippen LogP contribution in [0.3, 0.4) is 0 Å². The highest BCUT2D eigenvalue weighted by atomic mass is 14.3. The van der Waals surface area contributed by atoms with Crippen molar-refractivity contribution in [1.29, 1.82) is 0 Å². The second-order valence-electron chi connectivity index (χ2n) is 6.33. The van der Waals surface area contributed by atoms with Crippen LogP contribution in [0, 0.1) is 23.7 Å². The van der Waals surface area contributed by atoms with Gasteiger partial charge in [0.15, 0.2) is 0 Å². The molecule has 2 atom stereocenters. The topological polar surface area (TPSA) is 0 Å². The third kappa shape index (κ3) is 7.30. The molecule has 0 saturated carbocycles. The van der Waals surface area contributed by atoms with E-state index < -0.39 is 0 Å². The average Bonchev–Trinajstić information content (AvgIpc) is 2.23. The first-order valence-corrected chi connectivity index (χ1v) is 7.26. The number of unbranched alkanes of at least 4 members (excludes halogenated alkanes) is 1. The fourth-order valence-corrected chi connectivity index (χ4v) is 2.21. The van der Waals surface area contributed by atoms with Crippen LogP contribution in [0.1, 0.15) is 80.1 Å². The Bertz CT molecular complexity index is 157. The van der Waals surface area contributed by atoms with Gasteiger partial charge in [0.2, 0.25) is 0 Å². The summed E-state index contributed by atoms with van der Waals surface area (Å²) in [5.41, 5.74) is 0.510. The van der Waals surface area contributed by atoms with Gasteiger partial charge in [-0.2, -0.15) is 0 Å². The minimum atomic E-state index is 0.510. The van der Waals surface area contributed by atoms with E-state index >= 15 is 0 Å². The lowest BCUT2D eigenvalue weighted by Gasteiger charge is -2.28. The quantitative estimate of drug-likeness (QED) is 0.460. The molecule has 0 aromatic rings. The lowest BCUT2D eigenvalue weighted by atomic mass is 9.78. The minimum absolute atomic E-state index is 0.510. The summed E-state index contributed by atoms with van der Waals surface area (Å²) in [6, 6.07) is 0. The van der Waals surface area contributed by atoms with Crippen molar-refractivity contribution in [3.05, 3.63) is 6.42 Å². The molecule has 97 valence electrons. The predicted octanol–water partition coefficient (Wildman–Crippen LogP) is 5.87. The fourth-order valence-electron chi connectivity index (χ4n) is 2.21. The first kappa shape index (κ1) is 16.0. The molecule has 2 unspecified atom stereocenters. The van der Waals surface area contributed by atoms with Gasteiger partial charge in [0, 0.05) is 0 Å². The monoisotopic (exact) mass is 225 g/mol. The van der Waals surface area contributed by atoms with Gasteiger partial charge in [-0.05, 0) is 36.5 Å². The van der Waals surface area contributed by atoms with Crippen LogP contribution >= 0.6 is 0 Å². The molecule has 0 saturated heterocycles. The van der Waals surface area contributed by atoms with Gasteiger partial charge in [-0.3, -0.25) is 0 Å². The average molecular weight is 225 g/mol. The normalized spacial score (nSPS) is 16.1. The largest absolute Gasteiger partial charge is 0.0654 e. The Morgan fingerprint density at radius 2 is 1.69 bits per heavy atom. The zero-order chi connectivity index (χ0) is 12.6. The van der Waals surface area contributed by atoms with Crippen LogP contribution in [0.4, 0.5) is 0 Å². The van der Waals surface area contributed by atoms with Gasteiger partial charge in [0.05, 0.1) is 0 Å². The highest BCUT2D eigenvalue weighted by Gasteiger charge is 2.20. The highest BCUT2D eigenvalue weighted by molar-refractivity contribution is 4.83. The van der Waals surface area contributed by atoms with Crippen LogP contribution in [0.5, 0.6) is 0 Å². The molecule has 0 heteroatoms. The molecule has 0 aliphatic heterocycles. The fraction of sp³-hybridized carbons (Fsp3) is 0.938. The SMILES string of the molecule is CCCCC(C)(C)C[CH]C(C)C(C)CCC. The maximum atomic E-state index is 2.57. The second kappa shape index (κ2) is 8.14. The Morgan fingerprint density at radius 1 is 1.06 bits per heavy atom. The minimum Gasteiger partial charge on any atom is -0.0654 e. The lowest BCUT2D eigenvalue weighted by Crippen LogP contribution is -2.16. The molecule has 0 aromatic heterocycles. The van der Waals surface area contributed by atoms with Crippen molar-refractivity contribution in [3.63, 3.8) is 0 Å². The molecule has 0 aromatic carbocycles. The standard InChI is InChI=1S/C16H33/c1-7-9-12-16(5,6)13-11-15(4)14(3)10-8-2/h11,14-15H,7-10,12-13H2,1-6H3. The Kier molecular flexibility index (Phi) is 8.14. The summed E-state index contributed by atoms with van der Waals surface area (Å²) < 4.78 is 0. The van der Waals surface area contributed by atoms with Crippen molar-refractivity contribution in [2.75, 3.05) is 0 Å². The molecule has 0 rings (SSSR count). The van der Waals surface area contributed by atoms with Gasteiger partial charge in [-0.15, -0.1) is 0 Å². The van der Waals surface area contributed by atoms with Crippen LogP contribution in [0.15, 0.2) is 0 Å². The maximum Gasteiger partial charge on any atom is -0.0350 e. The smallest absolute Gasteiger partial charge is 0.0350 e. The van der Waals surface area contributed by atoms with E-state index in [2.05, 4.69) is 48.0 Å². The summed E-state index contributed by atoms with van der Waals surface area (Å²) in [5, 5.41) is 0. The van der Waals surface area contributed by atoms with Crippen LogP contribution in [-0.4, -0.2) is 0 Å². The van der Waals surface area contributed by atoms with Crippen LogP contribution in [0.2, 0.25) is 0 Å². The predicted molar refractivity (Wildman–Crippen MR) is 75.5 cm³/mol. The Morgan fingerprint density at radius 3 is 2.19 bits per heavy atom. The van der Waals surface area contributed by atoms with E-state index in [-0.39, 0.29) is 0 Å². The highest BCUT2D eigenvalue weighted by Crippen LogP contribution is 2.32. The first-order valence-electron chi connectivity index (χ1n) is 7.26. The zero-order valence-electron chi connectivity index (χ0n) is 12.5. The van der Waals surface area contributed by atoms with Crippen molar-refractivity contribution >= 4 is 0 Å². The van der Waals surface area contributed by atoms with Gasteiger partial charge >= 0.3 is 0 Å². The van der Waals surface area contributed by atoms with Crippen molar-refractivity contribution in [3.8, 4) is 0 Å². The molecule has 0 nitrogen and oxygen atoms in total. The van der Waals surface area contributed by atoms with E-state index in [4.69, 9.17) is 0 Å². The molecule has 0 spiro atoms. The molecule has 1 radical (unpaired) electrons. The van der Waals surface area contributed by atoms with Gasteiger partial charge in [0.1, 0.15) is 0 Å². The summed E-state index contributed by atoms with van der Waals surface area (Å²) >= 11 is 0. The van der Waals surface area contributed by atoms with Crippen molar-refractivity contribution in [2.24, 2.45) is 17.3 Å². The number of hydrogen-bond donors (Lipinski definition) is 0. The third-order valence-electron chi connectivity index (χ3n) is 3.89. The molecule has 0 N–H and O–H groups in total. The molecule has 0 fully saturated rings. The summed E-state index contributed by atoms with van der Waals surface area (Å²) in [4.78, 5) is 0. The van der Waals surface area contributed by atoms with Crippen LogP contribution in [0.25, 0.3) is 0 Å². The molecule has 16 heavy (non-hydrogen) atoms. The van der Waals surface area contributed by atoms with Crippen molar-refractivity contribution in [2.45, 2.75) is 80.1 Å². The van der Waals surface area contributed by atoms with Gasteiger partial charge in [-0.25, -0.2) is 0 Å². The molecule has 0 heterocycles. The molecule has 0 bridgehead atoms. The van der Waals surface area contributed by atoms with E-state index in [1.54, 1.807) is 0 Å². The molecule has 0 aliphatic rings. The number of hydrogen-bond acceptors (Lipinski definition) is 0. The Labute approximate surface area is 104 Å². The Balaban J connectivity index is 3.84. The van der Waals surface area contributed by atoms with Gasteiger partial charge in [0.25, 0.3) is 0 Å². The van der Waals surface area contributed by atoms with Crippen LogP contribution in [-0.2, 0) is 0 Å². The summed E-state index contributed by atoms with van der Waals surface area (Å²) in [6.07, 6.45) is 10.6. The summed E-state index contributed by atoms with van der Waals surface area (Å²) in [7, 11) is 0.